The van der Waals surface area contributed by atoms with Gasteiger partial charge in [0.25, 0.3) is 5.91 Å². The van der Waals surface area contributed by atoms with Crippen LogP contribution in [-0.4, -0.2) is 34.0 Å². The van der Waals surface area contributed by atoms with Gasteiger partial charge in [-0.15, -0.1) is 0 Å². The molecule has 0 spiro atoms. The number of thiocarbonyl (C=S) groups is 1. The van der Waals surface area contributed by atoms with E-state index in [0.29, 0.717) is 36.0 Å². The summed E-state index contributed by atoms with van der Waals surface area (Å²) < 4.78 is 0. The fraction of sp³-hybridized carbons (Fsp3) is 0.429. The fourth-order valence-corrected chi connectivity index (χ4v) is 1.84. The van der Waals surface area contributed by atoms with E-state index in [1.165, 1.54) is 12.1 Å². The van der Waals surface area contributed by atoms with Crippen molar-refractivity contribution in [2.75, 3.05) is 13.1 Å². The molecule has 0 aliphatic carbocycles. The van der Waals surface area contributed by atoms with Crippen molar-refractivity contribution < 1.29 is 9.90 Å². The number of rotatable bonds is 6. The van der Waals surface area contributed by atoms with Crippen LogP contribution in [0.2, 0.25) is 0 Å². The molecule has 1 aromatic rings. The third kappa shape index (κ3) is 5.26. The number of hydrogen-bond acceptors (Lipinski definition) is 3. The summed E-state index contributed by atoms with van der Waals surface area (Å²) in [4.78, 5) is 14.5. The van der Waals surface area contributed by atoms with Crippen molar-refractivity contribution in [3.63, 3.8) is 0 Å². The van der Waals surface area contributed by atoms with E-state index in [9.17, 15) is 9.90 Å². The Bertz CT molecular complexity index is 443. The number of carbonyl (C=O) groups excluding carboxylic acids is 1. The van der Waals surface area contributed by atoms with E-state index in [2.05, 4.69) is 13.8 Å². The van der Waals surface area contributed by atoms with Gasteiger partial charge in [0.05, 0.1) is 4.99 Å². The molecule has 0 unspecified atom stereocenters. The van der Waals surface area contributed by atoms with Gasteiger partial charge in [0.1, 0.15) is 5.75 Å². The Morgan fingerprint density at radius 2 is 1.95 bits per heavy atom. The molecule has 0 aromatic heterocycles. The minimum absolute atomic E-state index is 0.0649. The highest BCUT2D eigenvalue weighted by atomic mass is 32.1. The molecule has 0 bridgehead atoms. The largest absolute Gasteiger partial charge is 0.508 e. The maximum absolute atomic E-state index is 12.4. The Balaban J connectivity index is 2.80. The summed E-state index contributed by atoms with van der Waals surface area (Å²) in [5.74, 6) is 0.451. The van der Waals surface area contributed by atoms with Crippen molar-refractivity contribution >= 4 is 23.1 Å². The molecule has 104 valence electrons. The molecule has 0 aliphatic heterocycles. The molecule has 5 heteroatoms. The van der Waals surface area contributed by atoms with Crippen LogP contribution in [0.3, 0.4) is 0 Å². The lowest BCUT2D eigenvalue weighted by Gasteiger charge is -2.24. The van der Waals surface area contributed by atoms with Gasteiger partial charge in [-0.3, -0.25) is 4.79 Å². The molecule has 0 atom stereocenters. The van der Waals surface area contributed by atoms with E-state index >= 15 is 0 Å². The first-order valence-electron chi connectivity index (χ1n) is 6.26. The summed E-state index contributed by atoms with van der Waals surface area (Å²) in [6.45, 7) is 5.28. The Morgan fingerprint density at radius 1 is 1.37 bits per heavy atom. The number of hydrogen-bond donors (Lipinski definition) is 2. The minimum atomic E-state index is -0.0649. The number of nitrogens with zero attached hydrogens (tertiary/aromatic N) is 1. The Kier molecular flexibility index (Phi) is 5.76. The number of nitrogens with two attached hydrogens (primary N) is 1. The summed E-state index contributed by atoms with van der Waals surface area (Å²) in [5, 5.41) is 9.24. The topological polar surface area (TPSA) is 66.6 Å². The number of carbonyl (C=O) groups is 1. The van der Waals surface area contributed by atoms with Gasteiger partial charge in [0.2, 0.25) is 0 Å². The first-order valence-corrected chi connectivity index (χ1v) is 6.67. The molecule has 0 radical (unpaired) electrons. The lowest BCUT2D eigenvalue weighted by molar-refractivity contribution is 0.0741. The van der Waals surface area contributed by atoms with E-state index in [1.54, 1.807) is 17.0 Å². The van der Waals surface area contributed by atoms with Gasteiger partial charge in [0, 0.05) is 25.1 Å². The van der Waals surface area contributed by atoms with Gasteiger partial charge in [0.15, 0.2) is 0 Å². The molecule has 0 fully saturated rings. The molecule has 4 nitrogen and oxygen atoms in total. The Hall–Kier alpha value is -1.62. The lowest BCUT2D eigenvalue weighted by atomic mass is 10.1. The van der Waals surface area contributed by atoms with Crippen LogP contribution in [-0.2, 0) is 0 Å². The van der Waals surface area contributed by atoms with Crippen LogP contribution in [0.25, 0.3) is 0 Å². The molecule has 1 aromatic carbocycles. The zero-order valence-corrected chi connectivity index (χ0v) is 12.1. The first kappa shape index (κ1) is 15.4. The second kappa shape index (κ2) is 7.09. The summed E-state index contributed by atoms with van der Waals surface area (Å²) in [5.41, 5.74) is 6.05. The molecule has 1 amide bonds. The summed E-state index contributed by atoms with van der Waals surface area (Å²) in [6.07, 6.45) is 0.520. The summed E-state index contributed by atoms with van der Waals surface area (Å²) in [6, 6.07) is 6.25. The highest BCUT2D eigenvalue weighted by Crippen LogP contribution is 2.13. The highest BCUT2D eigenvalue weighted by molar-refractivity contribution is 7.80. The van der Waals surface area contributed by atoms with Crippen LogP contribution >= 0.6 is 12.2 Å². The molecule has 0 saturated heterocycles. The lowest BCUT2D eigenvalue weighted by Crippen LogP contribution is -2.36. The van der Waals surface area contributed by atoms with Crippen molar-refractivity contribution in [1.29, 1.82) is 0 Å². The van der Waals surface area contributed by atoms with E-state index in [1.807, 2.05) is 0 Å². The average Bonchev–Trinajstić information content (AvgIpc) is 2.34. The third-order valence-corrected chi connectivity index (χ3v) is 2.82. The Labute approximate surface area is 119 Å². The third-order valence-electron chi connectivity index (χ3n) is 2.62. The van der Waals surface area contributed by atoms with Gasteiger partial charge in [-0.1, -0.05) is 26.1 Å². The summed E-state index contributed by atoms with van der Waals surface area (Å²) >= 11 is 4.85. The SMILES string of the molecule is CC(C)CN(CCC(N)=S)C(=O)c1ccc(O)cc1. The van der Waals surface area contributed by atoms with E-state index in [-0.39, 0.29) is 11.7 Å². The average molecular weight is 280 g/mol. The van der Waals surface area contributed by atoms with Crippen LogP contribution in [0, 0.1) is 5.92 Å². The number of phenolic OH excluding ortho intramolecular Hbond substituents is 1. The van der Waals surface area contributed by atoms with Gasteiger partial charge in [-0.05, 0) is 30.2 Å². The van der Waals surface area contributed by atoms with Crippen molar-refractivity contribution in [2.45, 2.75) is 20.3 Å². The van der Waals surface area contributed by atoms with Crippen LogP contribution < -0.4 is 5.73 Å². The van der Waals surface area contributed by atoms with Crippen LogP contribution in [0.1, 0.15) is 30.6 Å². The molecule has 19 heavy (non-hydrogen) atoms. The molecule has 1 rings (SSSR count). The molecule has 0 aliphatic rings. The maximum Gasteiger partial charge on any atom is 0.253 e. The van der Waals surface area contributed by atoms with Crippen LogP contribution in [0.15, 0.2) is 24.3 Å². The highest BCUT2D eigenvalue weighted by Gasteiger charge is 2.16. The number of amides is 1. The maximum atomic E-state index is 12.4. The quantitative estimate of drug-likeness (QED) is 0.784. The van der Waals surface area contributed by atoms with Gasteiger partial charge in [-0.2, -0.15) is 0 Å². The van der Waals surface area contributed by atoms with Gasteiger partial charge in [-0.25, -0.2) is 0 Å². The molecule has 0 heterocycles. The predicted molar refractivity (Wildman–Crippen MR) is 80.3 cm³/mol. The number of phenols is 1. The smallest absolute Gasteiger partial charge is 0.253 e. The predicted octanol–water partition coefficient (Wildman–Crippen LogP) is 2.17. The van der Waals surface area contributed by atoms with Crippen molar-refractivity contribution in [3.05, 3.63) is 29.8 Å². The van der Waals surface area contributed by atoms with Crippen molar-refractivity contribution in [3.8, 4) is 5.75 Å². The van der Waals surface area contributed by atoms with Crippen molar-refractivity contribution in [1.82, 2.24) is 4.90 Å². The monoisotopic (exact) mass is 280 g/mol. The zero-order valence-electron chi connectivity index (χ0n) is 11.3. The number of aromatic hydroxyl groups is 1. The molecular formula is C14H20N2O2S. The summed E-state index contributed by atoms with van der Waals surface area (Å²) in [7, 11) is 0. The van der Waals surface area contributed by atoms with Crippen molar-refractivity contribution in [2.24, 2.45) is 11.7 Å². The van der Waals surface area contributed by atoms with E-state index in [0.717, 1.165) is 0 Å². The van der Waals surface area contributed by atoms with Gasteiger partial charge >= 0.3 is 0 Å². The standard InChI is InChI=1S/C14H20N2O2S/c1-10(2)9-16(8-7-13(15)19)14(18)11-3-5-12(17)6-4-11/h3-6,10,17H,7-9H2,1-2H3,(H2,15,19). The Morgan fingerprint density at radius 3 is 2.42 bits per heavy atom. The van der Waals surface area contributed by atoms with Crippen LogP contribution in [0.4, 0.5) is 0 Å². The second-order valence-electron chi connectivity index (χ2n) is 4.91. The zero-order chi connectivity index (χ0) is 14.4. The molecule has 0 saturated carbocycles. The molecule has 3 N–H and O–H groups in total. The van der Waals surface area contributed by atoms with Crippen LogP contribution in [0.5, 0.6) is 5.75 Å². The number of benzene rings is 1. The molecular weight excluding hydrogens is 260 g/mol. The van der Waals surface area contributed by atoms with E-state index < -0.39 is 0 Å². The first-order chi connectivity index (χ1) is 8.90. The van der Waals surface area contributed by atoms with E-state index in [4.69, 9.17) is 18.0 Å². The fourth-order valence-electron chi connectivity index (χ4n) is 1.75. The minimum Gasteiger partial charge on any atom is -0.508 e. The second-order valence-corrected chi connectivity index (χ2v) is 5.43. The normalized spacial score (nSPS) is 10.5. The van der Waals surface area contributed by atoms with Gasteiger partial charge < -0.3 is 15.7 Å².